The standard InChI is InChI=1S/C22H31BrN2O5/c1-21(2,3)30-20(28)24-12-10-22(4,11-13-24)19(27)25(15-18(26)29-5)14-16-8-6-7-9-17(16)23/h6-9H,10-15H2,1-5H3. The number of methoxy groups -OCH3 is 1. The molecule has 1 aliphatic rings. The minimum absolute atomic E-state index is 0.118. The molecular formula is C22H31BrN2O5. The Bertz CT molecular complexity index is 782. The molecule has 7 nitrogen and oxygen atoms in total. The molecule has 0 bridgehead atoms. The van der Waals surface area contributed by atoms with Gasteiger partial charge in [0.05, 0.1) is 7.11 Å². The molecule has 0 spiro atoms. The third-order valence-electron chi connectivity index (χ3n) is 5.19. The van der Waals surface area contributed by atoms with Crippen LogP contribution in [-0.2, 0) is 25.6 Å². The first-order valence-electron chi connectivity index (χ1n) is 10.0. The van der Waals surface area contributed by atoms with Crippen molar-refractivity contribution in [3.63, 3.8) is 0 Å². The fourth-order valence-electron chi connectivity index (χ4n) is 3.36. The number of hydrogen-bond donors (Lipinski definition) is 0. The lowest BCUT2D eigenvalue weighted by Crippen LogP contribution is -2.51. The van der Waals surface area contributed by atoms with E-state index in [1.165, 1.54) is 12.0 Å². The van der Waals surface area contributed by atoms with Crippen LogP contribution in [0.1, 0.15) is 46.1 Å². The van der Waals surface area contributed by atoms with Crippen molar-refractivity contribution in [3.05, 3.63) is 34.3 Å². The van der Waals surface area contributed by atoms with Crippen LogP contribution < -0.4 is 0 Å². The summed E-state index contributed by atoms with van der Waals surface area (Å²) in [5, 5.41) is 0. The molecule has 1 aliphatic heterocycles. The first kappa shape index (κ1) is 24.2. The lowest BCUT2D eigenvalue weighted by atomic mass is 9.79. The van der Waals surface area contributed by atoms with Crippen molar-refractivity contribution in [2.75, 3.05) is 26.7 Å². The summed E-state index contributed by atoms with van der Waals surface area (Å²) in [6.07, 6.45) is 0.633. The molecule has 1 saturated heterocycles. The molecule has 0 N–H and O–H groups in total. The summed E-state index contributed by atoms with van der Waals surface area (Å²) < 4.78 is 11.1. The van der Waals surface area contributed by atoms with E-state index in [-0.39, 0.29) is 18.5 Å². The van der Waals surface area contributed by atoms with Crippen molar-refractivity contribution in [2.45, 2.75) is 52.7 Å². The van der Waals surface area contributed by atoms with Crippen molar-refractivity contribution in [1.29, 1.82) is 0 Å². The Morgan fingerprint density at radius 1 is 1.17 bits per heavy atom. The maximum Gasteiger partial charge on any atom is 0.410 e. The molecule has 1 heterocycles. The second kappa shape index (κ2) is 9.81. The molecule has 0 unspecified atom stereocenters. The fourth-order valence-corrected chi connectivity index (χ4v) is 3.77. The number of esters is 1. The number of amides is 2. The first-order chi connectivity index (χ1) is 13.9. The topological polar surface area (TPSA) is 76.2 Å². The van der Waals surface area contributed by atoms with Gasteiger partial charge in [-0.15, -0.1) is 0 Å². The van der Waals surface area contributed by atoms with Gasteiger partial charge in [0.15, 0.2) is 0 Å². The summed E-state index contributed by atoms with van der Waals surface area (Å²) in [5.41, 5.74) is -0.327. The van der Waals surface area contributed by atoms with E-state index >= 15 is 0 Å². The molecular weight excluding hydrogens is 452 g/mol. The maximum atomic E-state index is 13.5. The maximum absolute atomic E-state index is 13.5. The Morgan fingerprint density at radius 3 is 2.30 bits per heavy atom. The predicted octanol–water partition coefficient (Wildman–Crippen LogP) is 3.99. The first-order valence-corrected chi connectivity index (χ1v) is 10.8. The molecule has 0 aliphatic carbocycles. The number of piperidine rings is 1. The molecule has 0 saturated carbocycles. The van der Waals surface area contributed by atoms with Crippen LogP contribution >= 0.6 is 15.9 Å². The molecule has 2 rings (SSSR count). The molecule has 166 valence electrons. The molecule has 8 heteroatoms. The summed E-state index contributed by atoms with van der Waals surface area (Å²) in [7, 11) is 1.31. The summed E-state index contributed by atoms with van der Waals surface area (Å²) in [6.45, 7) is 8.41. The van der Waals surface area contributed by atoms with Gasteiger partial charge in [0.2, 0.25) is 5.91 Å². The quantitative estimate of drug-likeness (QED) is 0.593. The molecule has 1 aromatic rings. The van der Waals surface area contributed by atoms with Gasteiger partial charge in [-0.1, -0.05) is 41.1 Å². The number of likely N-dealkylation sites (tertiary alicyclic amines) is 1. The Hall–Kier alpha value is -2.09. The van der Waals surface area contributed by atoms with Gasteiger partial charge >= 0.3 is 12.1 Å². The molecule has 0 aromatic heterocycles. The second-order valence-electron chi connectivity index (χ2n) is 8.86. The van der Waals surface area contributed by atoms with E-state index in [1.807, 2.05) is 52.0 Å². The van der Waals surface area contributed by atoms with Crippen molar-refractivity contribution in [2.24, 2.45) is 5.41 Å². The Morgan fingerprint density at radius 2 is 1.77 bits per heavy atom. The van der Waals surface area contributed by atoms with E-state index < -0.39 is 17.0 Å². The summed E-state index contributed by atoms with van der Waals surface area (Å²) in [5.74, 6) is -0.585. The molecule has 0 atom stereocenters. The normalized spacial score (nSPS) is 16.0. The fraction of sp³-hybridized carbons (Fsp3) is 0.591. The number of nitrogens with zero attached hydrogens (tertiary/aromatic N) is 2. The zero-order valence-electron chi connectivity index (χ0n) is 18.4. The van der Waals surface area contributed by atoms with Crippen LogP contribution in [0.4, 0.5) is 4.79 Å². The van der Waals surface area contributed by atoms with Gasteiger partial charge in [-0.05, 0) is 45.2 Å². The number of ether oxygens (including phenoxy) is 2. The number of benzene rings is 1. The third kappa shape index (κ3) is 6.45. The van der Waals surface area contributed by atoms with E-state index in [2.05, 4.69) is 15.9 Å². The molecule has 0 radical (unpaired) electrons. The van der Waals surface area contributed by atoms with Gasteiger partial charge in [-0.2, -0.15) is 0 Å². The van der Waals surface area contributed by atoms with Crippen molar-refractivity contribution < 1.29 is 23.9 Å². The highest BCUT2D eigenvalue weighted by atomic mass is 79.9. The number of hydrogen-bond acceptors (Lipinski definition) is 5. The zero-order valence-corrected chi connectivity index (χ0v) is 20.0. The van der Waals surface area contributed by atoms with Gasteiger partial charge in [0, 0.05) is 29.5 Å². The van der Waals surface area contributed by atoms with Crippen LogP contribution in [0.25, 0.3) is 0 Å². The van der Waals surface area contributed by atoms with Crippen molar-refractivity contribution in [1.82, 2.24) is 9.80 Å². The molecule has 1 fully saturated rings. The minimum atomic E-state index is -0.673. The average molecular weight is 483 g/mol. The third-order valence-corrected chi connectivity index (χ3v) is 5.96. The smallest absolute Gasteiger partial charge is 0.410 e. The number of carbonyl (C=O) groups excluding carboxylic acids is 3. The van der Waals surface area contributed by atoms with Gasteiger partial charge in [0.1, 0.15) is 12.1 Å². The van der Waals surface area contributed by atoms with Gasteiger partial charge in [0.25, 0.3) is 0 Å². The Balaban J connectivity index is 2.12. The summed E-state index contributed by atoms with van der Waals surface area (Å²) in [6, 6.07) is 7.60. The van der Waals surface area contributed by atoms with E-state index in [0.717, 1.165) is 10.0 Å². The van der Waals surface area contributed by atoms with Crippen LogP contribution in [-0.4, -0.2) is 60.1 Å². The summed E-state index contributed by atoms with van der Waals surface area (Å²) >= 11 is 3.50. The molecule has 2 amide bonds. The van der Waals surface area contributed by atoms with Crippen LogP contribution in [0.5, 0.6) is 0 Å². The lowest BCUT2D eigenvalue weighted by molar-refractivity contribution is -0.153. The van der Waals surface area contributed by atoms with E-state index in [9.17, 15) is 14.4 Å². The van der Waals surface area contributed by atoms with Gasteiger partial charge < -0.3 is 19.3 Å². The van der Waals surface area contributed by atoms with Crippen LogP contribution in [0.2, 0.25) is 0 Å². The van der Waals surface area contributed by atoms with Gasteiger partial charge in [-0.25, -0.2) is 4.79 Å². The van der Waals surface area contributed by atoms with E-state index in [1.54, 1.807) is 4.90 Å². The predicted molar refractivity (Wildman–Crippen MR) is 117 cm³/mol. The van der Waals surface area contributed by atoms with Crippen LogP contribution in [0.15, 0.2) is 28.7 Å². The van der Waals surface area contributed by atoms with Crippen LogP contribution in [0.3, 0.4) is 0 Å². The summed E-state index contributed by atoms with van der Waals surface area (Å²) in [4.78, 5) is 40.9. The Labute approximate surface area is 186 Å². The number of carbonyl (C=O) groups is 3. The highest BCUT2D eigenvalue weighted by molar-refractivity contribution is 9.10. The van der Waals surface area contributed by atoms with E-state index in [4.69, 9.17) is 9.47 Å². The number of rotatable bonds is 5. The highest BCUT2D eigenvalue weighted by Gasteiger charge is 2.41. The number of halogens is 1. The minimum Gasteiger partial charge on any atom is -0.468 e. The average Bonchev–Trinajstić information content (AvgIpc) is 2.67. The Kier molecular flexibility index (Phi) is 7.91. The van der Waals surface area contributed by atoms with Crippen LogP contribution in [0, 0.1) is 5.41 Å². The molecule has 1 aromatic carbocycles. The molecule has 30 heavy (non-hydrogen) atoms. The SMILES string of the molecule is COC(=O)CN(Cc1ccccc1Br)C(=O)C1(C)CCN(C(=O)OC(C)(C)C)CC1. The highest BCUT2D eigenvalue weighted by Crippen LogP contribution is 2.34. The lowest BCUT2D eigenvalue weighted by Gasteiger charge is -2.41. The van der Waals surface area contributed by atoms with E-state index in [0.29, 0.717) is 32.5 Å². The monoisotopic (exact) mass is 482 g/mol. The second-order valence-corrected chi connectivity index (χ2v) is 9.71. The zero-order chi connectivity index (χ0) is 22.5. The largest absolute Gasteiger partial charge is 0.468 e. The van der Waals surface area contributed by atoms with Gasteiger partial charge in [-0.3, -0.25) is 9.59 Å². The van der Waals surface area contributed by atoms with Crippen molar-refractivity contribution >= 4 is 33.9 Å². The van der Waals surface area contributed by atoms with Crippen molar-refractivity contribution in [3.8, 4) is 0 Å².